The fourth-order valence-electron chi connectivity index (χ4n) is 6.18. The quantitative estimate of drug-likeness (QED) is 0.583. The van der Waals surface area contributed by atoms with Crippen LogP contribution in [0.3, 0.4) is 0 Å². The molecule has 3 rings (SSSR count). The van der Waals surface area contributed by atoms with E-state index in [2.05, 4.69) is 31.8 Å². The Hall–Kier alpha value is -1.08. The lowest BCUT2D eigenvalue weighted by Crippen LogP contribution is -2.35. The SMILES string of the molecule is C[C@H](CCCC(C)(C)O)[C@H]1CC[C@H]2C(C#CC3=C[C@@H](O)C[C@H](O)C3)=CCC[C@]12C. The highest BCUT2D eigenvalue weighted by Crippen LogP contribution is 2.58. The number of aliphatic hydroxyl groups is 3. The third-order valence-electron chi connectivity index (χ3n) is 7.70. The summed E-state index contributed by atoms with van der Waals surface area (Å²) in [4.78, 5) is 0. The standard InChI is InChI=1S/C26H40O3/c1-18(7-5-13-25(2,3)29)23-11-12-24-20(8-6-14-26(23,24)4)10-9-19-15-21(27)17-22(28)16-19/h8,15,18,21-24,27-29H,5-7,11-14,16-17H2,1-4H3/t18-,21-,22-,23-,24+,26-/m1/s1. The number of fused-ring (bicyclic) bond motifs is 1. The maximum atomic E-state index is 10.0. The van der Waals surface area contributed by atoms with Crippen LogP contribution in [0.4, 0.5) is 0 Å². The van der Waals surface area contributed by atoms with Gasteiger partial charge in [0.2, 0.25) is 0 Å². The van der Waals surface area contributed by atoms with Crippen LogP contribution in [0.15, 0.2) is 23.3 Å². The summed E-state index contributed by atoms with van der Waals surface area (Å²) in [6.45, 7) is 8.69. The number of rotatable bonds is 5. The van der Waals surface area contributed by atoms with Gasteiger partial charge in [-0.2, -0.15) is 0 Å². The number of aliphatic hydroxyl groups excluding tert-OH is 2. The van der Waals surface area contributed by atoms with Crippen LogP contribution in [0.25, 0.3) is 0 Å². The van der Waals surface area contributed by atoms with Crippen molar-refractivity contribution in [3.63, 3.8) is 0 Å². The van der Waals surface area contributed by atoms with E-state index in [1.54, 1.807) is 0 Å². The highest BCUT2D eigenvalue weighted by atomic mass is 16.3. The molecule has 0 aromatic heterocycles. The second kappa shape index (κ2) is 8.96. The minimum Gasteiger partial charge on any atom is -0.393 e. The van der Waals surface area contributed by atoms with Gasteiger partial charge in [-0.25, -0.2) is 0 Å². The topological polar surface area (TPSA) is 60.7 Å². The molecule has 0 heterocycles. The lowest BCUT2D eigenvalue weighted by Gasteiger charge is -2.42. The van der Waals surface area contributed by atoms with Crippen molar-refractivity contribution in [3.8, 4) is 11.8 Å². The Balaban J connectivity index is 1.67. The van der Waals surface area contributed by atoms with E-state index in [0.29, 0.717) is 30.1 Å². The molecule has 1 fully saturated rings. The fraction of sp³-hybridized carbons (Fsp3) is 0.769. The van der Waals surface area contributed by atoms with Crippen molar-refractivity contribution in [2.24, 2.45) is 23.2 Å². The molecular weight excluding hydrogens is 360 g/mol. The first-order valence-electron chi connectivity index (χ1n) is 11.6. The minimum absolute atomic E-state index is 0.312. The van der Waals surface area contributed by atoms with Gasteiger partial charge in [0.25, 0.3) is 0 Å². The Bertz CT molecular complexity index is 702. The normalized spacial score (nSPS) is 35.8. The molecule has 3 aliphatic rings. The van der Waals surface area contributed by atoms with E-state index in [1.165, 1.54) is 31.3 Å². The van der Waals surface area contributed by atoms with Crippen LogP contribution < -0.4 is 0 Å². The zero-order valence-corrected chi connectivity index (χ0v) is 18.7. The van der Waals surface area contributed by atoms with Gasteiger partial charge < -0.3 is 15.3 Å². The summed E-state index contributed by atoms with van der Waals surface area (Å²) >= 11 is 0. The molecule has 0 saturated heterocycles. The summed E-state index contributed by atoms with van der Waals surface area (Å²) in [6, 6.07) is 0. The van der Waals surface area contributed by atoms with Gasteiger partial charge in [-0.05, 0) is 75.2 Å². The molecule has 0 amide bonds. The van der Waals surface area contributed by atoms with Crippen molar-refractivity contribution in [3.05, 3.63) is 23.3 Å². The average Bonchev–Trinajstić information content (AvgIpc) is 2.95. The average molecular weight is 401 g/mol. The van der Waals surface area contributed by atoms with E-state index in [1.807, 2.05) is 19.9 Å². The van der Waals surface area contributed by atoms with E-state index < -0.39 is 17.8 Å². The Morgan fingerprint density at radius 2 is 2.00 bits per heavy atom. The predicted octanol–water partition coefficient (Wildman–Crippen LogP) is 4.76. The first-order chi connectivity index (χ1) is 13.6. The van der Waals surface area contributed by atoms with Gasteiger partial charge in [0, 0.05) is 24.0 Å². The third kappa shape index (κ3) is 5.54. The molecule has 0 bridgehead atoms. The van der Waals surface area contributed by atoms with Crippen LogP contribution in [0.5, 0.6) is 0 Å². The van der Waals surface area contributed by atoms with E-state index in [0.717, 1.165) is 30.8 Å². The highest BCUT2D eigenvalue weighted by Gasteiger charge is 2.50. The molecule has 0 spiro atoms. The van der Waals surface area contributed by atoms with Gasteiger partial charge in [-0.1, -0.05) is 44.6 Å². The lowest BCUT2D eigenvalue weighted by atomic mass is 9.62. The molecular formula is C26H40O3. The van der Waals surface area contributed by atoms with E-state index in [4.69, 9.17) is 0 Å². The van der Waals surface area contributed by atoms with Gasteiger partial charge in [0.15, 0.2) is 0 Å². The van der Waals surface area contributed by atoms with E-state index in [9.17, 15) is 15.3 Å². The number of allylic oxidation sites excluding steroid dienone is 2. The molecule has 1 saturated carbocycles. The Morgan fingerprint density at radius 3 is 2.69 bits per heavy atom. The van der Waals surface area contributed by atoms with Crippen LogP contribution in [0, 0.1) is 35.0 Å². The zero-order valence-electron chi connectivity index (χ0n) is 18.7. The molecule has 3 nitrogen and oxygen atoms in total. The molecule has 0 aliphatic heterocycles. The summed E-state index contributed by atoms with van der Waals surface area (Å²) in [7, 11) is 0. The molecule has 6 atom stereocenters. The smallest absolute Gasteiger partial charge is 0.0757 e. The molecule has 162 valence electrons. The van der Waals surface area contributed by atoms with E-state index in [-0.39, 0.29) is 0 Å². The second-order valence-electron chi connectivity index (χ2n) is 10.7. The maximum absolute atomic E-state index is 10.0. The fourth-order valence-corrected chi connectivity index (χ4v) is 6.18. The van der Waals surface area contributed by atoms with Gasteiger partial charge in [-0.3, -0.25) is 0 Å². The first-order valence-corrected chi connectivity index (χ1v) is 11.6. The van der Waals surface area contributed by atoms with Crippen molar-refractivity contribution in [2.75, 3.05) is 0 Å². The molecule has 3 heteroatoms. The number of hydrogen-bond donors (Lipinski definition) is 3. The van der Waals surface area contributed by atoms with Crippen LogP contribution in [0.2, 0.25) is 0 Å². The Morgan fingerprint density at radius 1 is 1.24 bits per heavy atom. The monoisotopic (exact) mass is 400 g/mol. The van der Waals surface area contributed by atoms with Crippen LogP contribution >= 0.6 is 0 Å². The largest absolute Gasteiger partial charge is 0.393 e. The van der Waals surface area contributed by atoms with Crippen molar-refractivity contribution in [1.82, 2.24) is 0 Å². The van der Waals surface area contributed by atoms with Crippen LogP contribution in [-0.2, 0) is 0 Å². The molecule has 3 N–H and O–H groups in total. The van der Waals surface area contributed by atoms with Gasteiger partial charge >= 0.3 is 0 Å². The van der Waals surface area contributed by atoms with Gasteiger partial charge in [0.05, 0.1) is 17.8 Å². The summed E-state index contributed by atoms with van der Waals surface area (Å²) in [5, 5.41) is 29.8. The summed E-state index contributed by atoms with van der Waals surface area (Å²) < 4.78 is 0. The van der Waals surface area contributed by atoms with Crippen molar-refractivity contribution < 1.29 is 15.3 Å². The summed E-state index contributed by atoms with van der Waals surface area (Å²) in [5.41, 5.74) is 1.90. The molecule has 0 radical (unpaired) electrons. The summed E-state index contributed by atoms with van der Waals surface area (Å²) in [5.74, 6) is 8.64. The van der Waals surface area contributed by atoms with E-state index >= 15 is 0 Å². The van der Waals surface area contributed by atoms with Crippen LogP contribution in [0.1, 0.15) is 85.5 Å². The van der Waals surface area contributed by atoms with Gasteiger partial charge in [-0.15, -0.1) is 0 Å². The maximum Gasteiger partial charge on any atom is 0.0757 e. The predicted molar refractivity (Wildman–Crippen MR) is 118 cm³/mol. The lowest BCUT2D eigenvalue weighted by molar-refractivity contribution is 0.0614. The van der Waals surface area contributed by atoms with Gasteiger partial charge in [0.1, 0.15) is 0 Å². The molecule has 0 unspecified atom stereocenters. The summed E-state index contributed by atoms with van der Waals surface area (Å²) in [6.07, 6.45) is 12.0. The second-order valence-corrected chi connectivity index (χ2v) is 10.7. The zero-order chi connectivity index (χ0) is 21.2. The van der Waals surface area contributed by atoms with Crippen LogP contribution in [-0.4, -0.2) is 33.1 Å². The van der Waals surface area contributed by atoms with Crippen molar-refractivity contribution in [1.29, 1.82) is 0 Å². The molecule has 3 aliphatic carbocycles. The Labute approximate surface area is 177 Å². The minimum atomic E-state index is -0.575. The highest BCUT2D eigenvalue weighted by molar-refractivity contribution is 5.42. The Kier molecular flexibility index (Phi) is 6.99. The van der Waals surface area contributed by atoms with Crippen molar-refractivity contribution in [2.45, 2.75) is 103 Å². The molecule has 0 aromatic carbocycles. The number of hydrogen-bond acceptors (Lipinski definition) is 3. The van der Waals surface area contributed by atoms with Crippen molar-refractivity contribution >= 4 is 0 Å². The first kappa shape index (κ1) is 22.6. The molecule has 29 heavy (non-hydrogen) atoms. The molecule has 0 aromatic rings. The third-order valence-corrected chi connectivity index (χ3v) is 7.70.